The monoisotopic (exact) mass is 278 g/mol. The molecule has 0 amide bonds. The number of methoxy groups -OCH3 is 1. The maximum absolute atomic E-state index is 10.1. The van der Waals surface area contributed by atoms with Crippen molar-refractivity contribution in [1.82, 2.24) is 4.90 Å². The third-order valence-electron chi connectivity index (χ3n) is 3.94. The van der Waals surface area contributed by atoms with Crippen molar-refractivity contribution in [2.75, 3.05) is 39.2 Å². The summed E-state index contributed by atoms with van der Waals surface area (Å²) >= 11 is 0. The van der Waals surface area contributed by atoms with Crippen molar-refractivity contribution in [2.24, 2.45) is 0 Å². The molecule has 0 radical (unpaired) electrons. The van der Waals surface area contributed by atoms with E-state index in [-0.39, 0.29) is 0 Å². The summed E-state index contributed by atoms with van der Waals surface area (Å²) in [5, 5.41) is 10.1. The second kappa shape index (κ2) is 6.46. The molecule has 0 aliphatic carbocycles. The molecule has 112 valence electrons. The zero-order chi connectivity index (χ0) is 14.7. The van der Waals surface area contributed by atoms with Crippen molar-refractivity contribution in [1.29, 1.82) is 0 Å². The van der Waals surface area contributed by atoms with Crippen molar-refractivity contribution in [3.8, 4) is 5.75 Å². The SMILES string of the molecule is COc1cccc(N2CCCC2CN(C)C)c1[C@@H](C)O. The van der Waals surface area contributed by atoms with Crippen LogP contribution in [-0.2, 0) is 0 Å². The Labute approximate surface area is 122 Å². The fourth-order valence-electron chi connectivity index (χ4n) is 3.14. The third-order valence-corrected chi connectivity index (χ3v) is 3.94. The normalized spacial score (nSPS) is 20.5. The number of likely N-dealkylation sites (N-methyl/N-ethyl adjacent to an activating group) is 1. The molecule has 1 aromatic rings. The number of rotatable bonds is 5. The van der Waals surface area contributed by atoms with E-state index in [4.69, 9.17) is 4.74 Å². The number of hydrogen-bond donors (Lipinski definition) is 1. The highest BCUT2D eigenvalue weighted by Gasteiger charge is 2.28. The molecule has 4 heteroatoms. The largest absolute Gasteiger partial charge is 0.496 e. The van der Waals surface area contributed by atoms with Crippen LogP contribution in [0, 0.1) is 0 Å². The average Bonchev–Trinajstić information content (AvgIpc) is 2.84. The fraction of sp³-hybridized carbons (Fsp3) is 0.625. The fourth-order valence-corrected chi connectivity index (χ4v) is 3.14. The van der Waals surface area contributed by atoms with Crippen LogP contribution in [0.25, 0.3) is 0 Å². The van der Waals surface area contributed by atoms with E-state index in [0.717, 1.165) is 30.1 Å². The topological polar surface area (TPSA) is 35.9 Å². The van der Waals surface area contributed by atoms with E-state index in [0.29, 0.717) is 6.04 Å². The summed E-state index contributed by atoms with van der Waals surface area (Å²) in [6.45, 7) is 3.89. The minimum Gasteiger partial charge on any atom is -0.496 e. The molecule has 0 aromatic heterocycles. The lowest BCUT2D eigenvalue weighted by atomic mass is 10.0. The molecule has 4 nitrogen and oxygen atoms in total. The Bertz CT molecular complexity index is 446. The van der Waals surface area contributed by atoms with E-state index in [1.165, 1.54) is 12.8 Å². The maximum Gasteiger partial charge on any atom is 0.126 e. The third kappa shape index (κ3) is 3.07. The van der Waals surface area contributed by atoms with Gasteiger partial charge in [0, 0.05) is 30.4 Å². The number of ether oxygens (including phenoxy) is 1. The summed E-state index contributed by atoms with van der Waals surface area (Å²) in [5.74, 6) is 0.771. The first-order valence-corrected chi connectivity index (χ1v) is 7.31. The van der Waals surface area contributed by atoms with Crippen LogP contribution in [-0.4, -0.2) is 50.3 Å². The highest BCUT2D eigenvalue weighted by Crippen LogP contribution is 2.37. The van der Waals surface area contributed by atoms with Gasteiger partial charge in [0.05, 0.1) is 13.2 Å². The van der Waals surface area contributed by atoms with Crippen molar-refractivity contribution < 1.29 is 9.84 Å². The van der Waals surface area contributed by atoms with Gasteiger partial charge in [-0.1, -0.05) is 6.07 Å². The quantitative estimate of drug-likeness (QED) is 0.896. The van der Waals surface area contributed by atoms with Crippen molar-refractivity contribution in [2.45, 2.75) is 31.9 Å². The number of hydrogen-bond acceptors (Lipinski definition) is 4. The molecule has 1 fully saturated rings. The Balaban J connectivity index is 2.36. The Kier molecular flexibility index (Phi) is 4.89. The summed E-state index contributed by atoms with van der Waals surface area (Å²) in [5.41, 5.74) is 2.02. The molecule has 0 bridgehead atoms. The zero-order valence-electron chi connectivity index (χ0n) is 13.0. The summed E-state index contributed by atoms with van der Waals surface area (Å²) in [7, 11) is 5.88. The van der Waals surface area contributed by atoms with E-state index in [9.17, 15) is 5.11 Å². The number of aliphatic hydroxyl groups is 1. The number of anilines is 1. The van der Waals surface area contributed by atoms with Gasteiger partial charge in [0.1, 0.15) is 5.75 Å². The Hall–Kier alpha value is -1.26. The van der Waals surface area contributed by atoms with Gasteiger partial charge in [0.15, 0.2) is 0 Å². The van der Waals surface area contributed by atoms with Gasteiger partial charge in [0.2, 0.25) is 0 Å². The highest BCUT2D eigenvalue weighted by molar-refractivity contribution is 5.61. The van der Waals surface area contributed by atoms with Gasteiger partial charge in [-0.15, -0.1) is 0 Å². The van der Waals surface area contributed by atoms with Gasteiger partial charge < -0.3 is 19.6 Å². The molecule has 1 unspecified atom stereocenters. The Morgan fingerprint density at radius 2 is 2.20 bits per heavy atom. The van der Waals surface area contributed by atoms with Crippen LogP contribution in [0.2, 0.25) is 0 Å². The molecule has 1 saturated heterocycles. The zero-order valence-corrected chi connectivity index (χ0v) is 13.0. The van der Waals surface area contributed by atoms with E-state index in [1.807, 2.05) is 12.1 Å². The molecule has 2 rings (SSSR count). The Morgan fingerprint density at radius 3 is 2.80 bits per heavy atom. The van der Waals surface area contributed by atoms with E-state index >= 15 is 0 Å². The highest BCUT2D eigenvalue weighted by atomic mass is 16.5. The summed E-state index contributed by atoms with van der Waals surface area (Å²) < 4.78 is 5.43. The first-order valence-electron chi connectivity index (χ1n) is 7.31. The predicted octanol–water partition coefficient (Wildman–Crippen LogP) is 2.28. The molecular formula is C16H26N2O2. The molecule has 1 aromatic carbocycles. The lowest BCUT2D eigenvalue weighted by Crippen LogP contribution is -2.38. The molecule has 2 atom stereocenters. The van der Waals surface area contributed by atoms with Crippen molar-refractivity contribution in [3.63, 3.8) is 0 Å². The minimum absolute atomic E-state index is 0.509. The smallest absolute Gasteiger partial charge is 0.126 e. The Morgan fingerprint density at radius 1 is 1.45 bits per heavy atom. The van der Waals surface area contributed by atoms with Crippen LogP contribution in [0.4, 0.5) is 5.69 Å². The molecule has 1 aliphatic heterocycles. The summed E-state index contributed by atoms with van der Waals surface area (Å²) in [6, 6.07) is 6.53. The van der Waals surface area contributed by atoms with Gasteiger partial charge in [-0.25, -0.2) is 0 Å². The van der Waals surface area contributed by atoms with Crippen LogP contribution in [0.3, 0.4) is 0 Å². The van der Waals surface area contributed by atoms with Crippen LogP contribution in [0.5, 0.6) is 5.75 Å². The predicted molar refractivity (Wildman–Crippen MR) is 82.5 cm³/mol. The lowest BCUT2D eigenvalue weighted by molar-refractivity contribution is 0.194. The molecule has 0 spiro atoms. The van der Waals surface area contributed by atoms with Crippen LogP contribution in [0.1, 0.15) is 31.4 Å². The van der Waals surface area contributed by atoms with Crippen molar-refractivity contribution in [3.05, 3.63) is 23.8 Å². The van der Waals surface area contributed by atoms with Crippen LogP contribution in [0.15, 0.2) is 18.2 Å². The van der Waals surface area contributed by atoms with E-state index in [2.05, 4.69) is 30.0 Å². The molecule has 1 N–H and O–H groups in total. The van der Waals surface area contributed by atoms with Gasteiger partial charge >= 0.3 is 0 Å². The van der Waals surface area contributed by atoms with Gasteiger partial charge in [-0.3, -0.25) is 0 Å². The number of benzene rings is 1. The molecule has 1 heterocycles. The van der Waals surface area contributed by atoms with E-state index < -0.39 is 6.10 Å². The second-order valence-electron chi connectivity index (χ2n) is 5.82. The molecule has 20 heavy (non-hydrogen) atoms. The van der Waals surface area contributed by atoms with Gasteiger partial charge in [-0.2, -0.15) is 0 Å². The summed E-state index contributed by atoms with van der Waals surface area (Å²) in [4.78, 5) is 4.65. The van der Waals surface area contributed by atoms with Crippen LogP contribution < -0.4 is 9.64 Å². The van der Waals surface area contributed by atoms with Gasteiger partial charge in [0.25, 0.3) is 0 Å². The van der Waals surface area contributed by atoms with Crippen molar-refractivity contribution >= 4 is 5.69 Å². The molecular weight excluding hydrogens is 252 g/mol. The number of nitrogens with zero attached hydrogens (tertiary/aromatic N) is 2. The molecule has 0 saturated carbocycles. The number of aliphatic hydroxyl groups excluding tert-OH is 1. The standard InChI is InChI=1S/C16H26N2O2/c1-12(19)16-14(8-5-9-15(16)20-4)18-10-6-7-13(18)11-17(2)3/h5,8-9,12-13,19H,6-7,10-11H2,1-4H3/t12-,13?/m1/s1. The van der Waals surface area contributed by atoms with E-state index in [1.54, 1.807) is 14.0 Å². The first kappa shape index (κ1) is 15.1. The average molecular weight is 278 g/mol. The second-order valence-corrected chi connectivity index (χ2v) is 5.82. The minimum atomic E-state index is -0.526. The maximum atomic E-state index is 10.1. The summed E-state index contributed by atoms with van der Waals surface area (Å²) in [6.07, 6.45) is 1.88. The first-order chi connectivity index (χ1) is 9.54. The van der Waals surface area contributed by atoms with Gasteiger partial charge in [-0.05, 0) is 46.0 Å². The molecule has 1 aliphatic rings. The van der Waals surface area contributed by atoms with Crippen LogP contribution >= 0.6 is 0 Å². The lowest BCUT2D eigenvalue weighted by Gasteiger charge is -2.32.